The summed E-state index contributed by atoms with van der Waals surface area (Å²) in [7, 11) is 0. The van der Waals surface area contributed by atoms with Gasteiger partial charge in [0.05, 0.1) is 6.61 Å². The van der Waals surface area contributed by atoms with E-state index in [-0.39, 0.29) is 23.8 Å². The molecule has 0 saturated heterocycles. The number of nitrogens with one attached hydrogen (secondary N) is 1. The van der Waals surface area contributed by atoms with Crippen LogP contribution in [0.2, 0.25) is 0 Å². The molecule has 2 aliphatic heterocycles. The highest BCUT2D eigenvalue weighted by Gasteiger charge is 2.51. The number of carbonyl (C=O) groups is 2. The number of anilines is 1. The van der Waals surface area contributed by atoms with Crippen LogP contribution in [0.25, 0.3) is 0 Å². The molecule has 0 atom stereocenters. The molecule has 138 valence electrons. The van der Waals surface area contributed by atoms with Crippen molar-refractivity contribution in [1.82, 2.24) is 4.90 Å². The van der Waals surface area contributed by atoms with Crippen molar-refractivity contribution in [3.63, 3.8) is 0 Å². The van der Waals surface area contributed by atoms with E-state index in [2.05, 4.69) is 27.3 Å². The van der Waals surface area contributed by atoms with Gasteiger partial charge >= 0.3 is 0 Å². The van der Waals surface area contributed by atoms with Crippen molar-refractivity contribution in [3.8, 4) is 5.75 Å². The number of nitrogens with zero attached hydrogens (tertiary/aromatic N) is 1. The van der Waals surface area contributed by atoms with E-state index in [0.29, 0.717) is 13.2 Å². The highest BCUT2D eigenvalue weighted by molar-refractivity contribution is 9.10. The zero-order valence-corrected chi connectivity index (χ0v) is 16.3. The maximum Gasteiger partial charge on any atom is 0.254 e. The van der Waals surface area contributed by atoms with Gasteiger partial charge in [0.15, 0.2) is 0 Å². The molecule has 5 nitrogen and oxygen atoms in total. The molecule has 1 aliphatic carbocycles. The number of fused-ring (bicyclic) bond motifs is 3. The maximum absolute atomic E-state index is 12.9. The Balaban J connectivity index is 1.33. The summed E-state index contributed by atoms with van der Waals surface area (Å²) >= 11 is 3.51. The van der Waals surface area contributed by atoms with Crippen LogP contribution in [0.3, 0.4) is 0 Å². The van der Waals surface area contributed by atoms with Gasteiger partial charge in [-0.3, -0.25) is 9.59 Å². The Morgan fingerprint density at radius 3 is 2.89 bits per heavy atom. The quantitative estimate of drug-likeness (QED) is 0.816. The lowest BCUT2D eigenvalue weighted by Gasteiger charge is -2.34. The molecule has 5 rings (SSSR count). The smallest absolute Gasteiger partial charge is 0.254 e. The van der Waals surface area contributed by atoms with Crippen molar-refractivity contribution in [3.05, 3.63) is 57.6 Å². The van der Waals surface area contributed by atoms with Crippen LogP contribution < -0.4 is 10.1 Å². The molecule has 0 unspecified atom stereocenters. The van der Waals surface area contributed by atoms with E-state index < -0.39 is 0 Å². The molecule has 27 heavy (non-hydrogen) atoms. The fourth-order valence-electron chi connectivity index (χ4n) is 4.18. The van der Waals surface area contributed by atoms with E-state index in [4.69, 9.17) is 4.74 Å². The fourth-order valence-corrected chi connectivity index (χ4v) is 4.54. The van der Waals surface area contributed by atoms with E-state index >= 15 is 0 Å². The lowest BCUT2D eigenvalue weighted by atomic mass is 9.86. The Hall–Kier alpha value is -2.34. The molecule has 0 bridgehead atoms. The summed E-state index contributed by atoms with van der Waals surface area (Å²) < 4.78 is 6.49. The molecule has 0 radical (unpaired) electrons. The van der Waals surface area contributed by atoms with Gasteiger partial charge in [-0.1, -0.05) is 15.9 Å². The van der Waals surface area contributed by atoms with Gasteiger partial charge in [-0.25, -0.2) is 0 Å². The van der Waals surface area contributed by atoms with Gasteiger partial charge in [0.2, 0.25) is 5.91 Å². The molecule has 1 N–H and O–H groups in total. The van der Waals surface area contributed by atoms with Crippen molar-refractivity contribution < 1.29 is 14.3 Å². The number of hydrogen-bond acceptors (Lipinski definition) is 3. The Morgan fingerprint density at radius 1 is 1.22 bits per heavy atom. The minimum Gasteiger partial charge on any atom is -0.493 e. The average Bonchev–Trinajstić information content (AvgIpc) is 3.26. The Kier molecular flexibility index (Phi) is 3.79. The summed E-state index contributed by atoms with van der Waals surface area (Å²) in [6.45, 7) is 1.37. The minimum absolute atomic E-state index is 0.0260. The molecule has 2 heterocycles. The molecule has 1 saturated carbocycles. The van der Waals surface area contributed by atoms with Crippen LogP contribution in [0.4, 0.5) is 5.69 Å². The van der Waals surface area contributed by atoms with Crippen molar-refractivity contribution in [2.24, 2.45) is 0 Å². The summed E-state index contributed by atoms with van der Waals surface area (Å²) in [5.41, 5.74) is 3.73. The second-order valence-electron chi connectivity index (χ2n) is 7.60. The minimum atomic E-state index is -0.168. The van der Waals surface area contributed by atoms with Gasteiger partial charge in [-0.05, 0) is 60.4 Å². The van der Waals surface area contributed by atoms with Crippen LogP contribution in [-0.4, -0.2) is 36.4 Å². The third kappa shape index (κ3) is 2.92. The van der Waals surface area contributed by atoms with Gasteiger partial charge in [0, 0.05) is 34.1 Å². The number of benzene rings is 2. The summed E-state index contributed by atoms with van der Waals surface area (Å²) in [5, 5.41) is 2.92. The third-order valence-electron chi connectivity index (χ3n) is 5.73. The lowest BCUT2D eigenvalue weighted by molar-refractivity contribution is -0.117. The van der Waals surface area contributed by atoms with Crippen LogP contribution >= 0.6 is 15.9 Å². The first-order chi connectivity index (χ1) is 13.0. The van der Waals surface area contributed by atoms with Gasteiger partial charge in [0.1, 0.15) is 12.3 Å². The number of amides is 2. The standard InChI is InChI=1S/C21H19BrN2O3/c22-14-1-3-16-17(10-14)21(6-7-21)12-24(20(16)26)11-19(25)23-15-2-4-18-13(9-15)5-8-27-18/h1-4,9-10H,5-8,11-12H2,(H,23,25). The van der Waals surface area contributed by atoms with Crippen LogP contribution in [0.15, 0.2) is 40.9 Å². The van der Waals surface area contributed by atoms with E-state index in [9.17, 15) is 9.59 Å². The molecule has 6 heteroatoms. The molecular weight excluding hydrogens is 408 g/mol. The average molecular weight is 427 g/mol. The normalized spacial score (nSPS) is 18.7. The van der Waals surface area contributed by atoms with Crippen LogP contribution in [0.1, 0.15) is 34.3 Å². The van der Waals surface area contributed by atoms with E-state index in [0.717, 1.165) is 51.9 Å². The van der Waals surface area contributed by atoms with Crippen molar-refractivity contribution in [2.45, 2.75) is 24.7 Å². The lowest BCUT2D eigenvalue weighted by Crippen LogP contribution is -2.46. The highest BCUT2D eigenvalue weighted by atomic mass is 79.9. The van der Waals surface area contributed by atoms with Crippen LogP contribution in [-0.2, 0) is 16.6 Å². The highest BCUT2D eigenvalue weighted by Crippen LogP contribution is 2.52. The SMILES string of the molecule is O=C(CN1CC2(CC2)c2cc(Br)ccc2C1=O)Nc1ccc2c(c1)CCO2. The molecular formula is C21H19BrN2O3. The molecule has 0 aromatic heterocycles. The van der Waals surface area contributed by atoms with E-state index in [1.54, 1.807) is 4.90 Å². The Bertz CT molecular complexity index is 968. The zero-order chi connectivity index (χ0) is 18.6. The van der Waals surface area contributed by atoms with Gasteiger partial charge in [0.25, 0.3) is 5.91 Å². The largest absolute Gasteiger partial charge is 0.493 e. The second-order valence-corrected chi connectivity index (χ2v) is 8.52. The topological polar surface area (TPSA) is 58.6 Å². The Morgan fingerprint density at radius 2 is 2.07 bits per heavy atom. The van der Waals surface area contributed by atoms with Gasteiger partial charge in [-0.2, -0.15) is 0 Å². The van der Waals surface area contributed by atoms with Gasteiger partial charge in [-0.15, -0.1) is 0 Å². The van der Waals surface area contributed by atoms with Crippen molar-refractivity contribution >= 4 is 33.4 Å². The number of carbonyl (C=O) groups excluding carboxylic acids is 2. The molecule has 2 aromatic rings. The fraction of sp³-hybridized carbons (Fsp3) is 0.333. The number of ether oxygens (including phenoxy) is 1. The van der Waals surface area contributed by atoms with Crippen LogP contribution in [0.5, 0.6) is 5.75 Å². The molecule has 2 amide bonds. The van der Waals surface area contributed by atoms with Crippen LogP contribution in [0, 0.1) is 0 Å². The summed E-state index contributed by atoms with van der Waals surface area (Å²) in [4.78, 5) is 27.2. The Labute approximate surface area is 165 Å². The summed E-state index contributed by atoms with van der Waals surface area (Å²) in [6, 6.07) is 11.5. The van der Waals surface area contributed by atoms with Gasteiger partial charge < -0.3 is 15.0 Å². The monoisotopic (exact) mass is 426 g/mol. The summed E-state index contributed by atoms with van der Waals surface area (Å²) in [6.07, 6.45) is 2.98. The second kappa shape index (κ2) is 6.09. The first-order valence-electron chi connectivity index (χ1n) is 9.19. The van der Waals surface area contributed by atoms with E-state index in [1.165, 1.54) is 0 Å². The summed E-state index contributed by atoms with van der Waals surface area (Å²) in [5.74, 6) is 0.656. The van der Waals surface area contributed by atoms with Crippen molar-refractivity contribution in [1.29, 1.82) is 0 Å². The zero-order valence-electron chi connectivity index (χ0n) is 14.8. The first-order valence-corrected chi connectivity index (χ1v) is 9.98. The molecule has 2 aromatic carbocycles. The third-order valence-corrected chi connectivity index (χ3v) is 6.22. The van der Waals surface area contributed by atoms with Crippen molar-refractivity contribution in [2.75, 3.05) is 25.0 Å². The predicted molar refractivity (Wildman–Crippen MR) is 105 cm³/mol. The predicted octanol–water partition coefficient (Wildman–Crippen LogP) is 3.51. The number of rotatable bonds is 3. The molecule has 1 fully saturated rings. The first kappa shape index (κ1) is 16.8. The number of hydrogen-bond donors (Lipinski definition) is 1. The molecule has 3 aliphatic rings. The van der Waals surface area contributed by atoms with E-state index in [1.807, 2.05) is 30.3 Å². The molecule has 1 spiro atoms. The maximum atomic E-state index is 12.9. The number of halogens is 1.